The van der Waals surface area contributed by atoms with Crippen LogP contribution in [0, 0.1) is 0 Å². The molecule has 0 spiro atoms. The lowest BCUT2D eigenvalue weighted by molar-refractivity contribution is -0.114. The highest BCUT2D eigenvalue weighted by Gasteiger charge is 2.07. The lowest BCUT2D eigenvalue weighted by Gasteiger charge is -2.09. The molecule has 4 aromatic heterocycles. The maximum Gasteiger partial charge on any atom is 0.244 e. The Kier molecular flexibility index (Phi) is 15.6. The number of anilines is 5. The van der Waals surface area contributed by atoms with Crippen LogP contribution in [0.4, 0.5) is 29.1 Å². The van der Waals surface area contributed by atoms with Crippen molar-refractivity contribution >= 4 is 51.7 Å². The average Bonchev–Trinajstić information content (AvgIpc) is 3.19. The van der Waals surface area contributed by atoms with Crippen molar-refractivity contribution in [1.29, 1.82) is 0 Å². The lowest BCUT2D eigenvalue weighted by atomic mass is 10.2. The third-order valence-electron chi connectivity index (χ3n) is 6.64. The first-order chi connectivity index (χ1) is 26.7. The smallest absolute Gasteiger partial charge is 0.244 e. The Morgan fingerprint density at radius 1 is 0.655 bits per heavy atom. The van der Waals surface area contributed by atoms with Crippen molar-refractivity contribution in [3.05, 3.63) is 141 Å². The Bertz CT molecular complexity index is 2220. The highest BCUT2D eigenvalue weighted by atomic mass is 35.5. The number of carbonyl (C=O) groups excluding carboxylic acids is 2. The quantitative estimate of drug-likeness (QED) is 0.0722. The minimum absolute atomic E-state index is 0.0874. The highest BCUT2D eigenvalue weighted by Crippen LogP contribution is 2.27. The summed E-state index contributed by atoms with van der Waals surface area (Å²) in [5.74, 6) is 5.96. The Morgan fingerprint density at radius 2 is 1.13 bits per heavy atom. The fourth-order valence-electron chi connectivity index (χ4n) is 4.18. The van der Waals surface area contributed by atoms with Crippen LogP contribution < -0.4 is 35.3 Å². The van der Waals surface area contributed by atoms with E-state index < -0.39 is 5.24 Å². The molecule has 6 rings (SSSR count). The minimum atomic E-state index is -0.509. The van der Waals surface area contributed by atoms with Gasteiger partial charge in [-0.1, -0.05) is 37.4 Å². The van der Waals surface area contributed by atoms with E-state index in [1.807, 2.05) is 36.4 Å². The molecule has 15 nitrogen and oxygen atoms in total. The molecule has 16 heteroatoms. The van der Waals surface area contributed by atoms with E-state index in [-0.39, 0.29) is 12.2 Å². The summed E-state index contributed by atoms with van der Waals surface area (Å²) in [4.78, 5) is 46.0. The van der Waals surface area contributed by atoms with Gasteiger partial charge in [0.2, 0.25) is 17.0 Å². The third-order valence-corrected chi connectivity index (χ3v) is 6.80. The van der Waals surface area contributed by atoms with Crippen LogP contribution in [0.2, 0.25) is 0 Å². The van der Waals surface area contributed by atoms with Gasteiger partial charge in [-0.2, -0.15) is 0 Å². The van der Waals surface area contributed by atoms with Gasteiger partial charge in [-0.05, 0) is 72.3 Å². The van der Waals surface area contributed by atoms with Gasteiger partial charge in [0.15, 0.2) is 5.78 Å². The molecule has 280 valence electrons. The molecule has 2 aromatic carbocycles. The monoisotopic (exact) mass is 761 g/mol. The molecule has 0 bridgehead atoms. The number of halogens is 1. The molecular weight excluding hydrogens is 726 g/mol. The van der Waals surface area contributed by atoms with Crippen LogP contribution >= 0.6 is 11.6 Å². The van der Waals surface area contributed by atoms with E-state index in [4.69, 9.17) is 36.3 Å². The number of nitrogen functional groups attached to an aromatic ring is 1. The number of ketones is 1. The Morgan fingerprint density at radius 3 is 1.60 bits per heavy atom. The molecule has 0 saturated heterocycles. The zero-order valence-corrected chi connectivity index (χ0v) is 30.5. The van der Waals surface area contributed by atoms with Crippen molar-refractivity contribution in [3.63, 3.8) is 0 Å². The van der Waals surface area contributed by atoms with Crippen molar-refractivity contribution in [1.82, 2.24) is 29.9 Å². The van der Waals surface area contributed by atoms with Gasteiger partial charge < -0.3 is 35.3 Å². The van der Waals surface area contributed by atoms with Crippen molar-refractivity contribution < 1.29 is 28.5 Å². The molecule has 0 unspecified atom stereocenters. The molecule has 0 amide bonds. The molecule has 55 heavy (non-hydrogen) atoms. The van der Waals surface area contributed by atoms with Crippen molar-refractivity contribution in [2.75, 3.05) is 30.6 Å². The number of methoxy groups -OCH3 is 2. The molecule has 0 aliphatic carbocycles. The maximum absolute atomic E-state index is 11.5. The van der Waals surface area contributed by atoms with Crippen molar-refractivity contribution in [2.45, 2.75) is 6.42 Å². The van der Waals surface area contributed by atoms with Gasteiger partial charge in [0, 0.05) is 24.3 Å². The summed E-state index contributed by atoms with van der Waals surface area (Å²) in [5.41, 5.74) is 6.30. The van der Waals surface area contributed by atoms with Crippen LogP contribution in [0.25, 0.3) is 0 Å². The van der Waals surface area contributed by atoms with E-state index in [0.717, 1.165) is 6.08 Å². The van der Waals surface area contributed by atoms with Crippen LogP contribution in [0.5, 0.6) is 34.8 Å². The second-order valence-electron chi connectivity index (χ2n) is 10.6. The summed E-state index contributed by atoms with van der Waals surface area (Å²) in [6.07, 6.45) is 5.33. The van der Waals surface area contributed by atoms with Crippen molar-refractivity contribution in [3.8, 4) is 34.8 Å². The zero-order chi connectivity index (χ0) is 39.4. The average molecular weight is 762 g/mol. The number of pyridine rings is 2. The van der Waals surface area contributed by atoms with Gasteiger partial charge in [-0.25, -0.2) is 29.9 Å². The number of rotatable bonds is 14. The maximum atomic E-state index is 11.5. The lowest BCUT2D eigenvalue weighted by Crippen LogP contribution is -2.03. The standard InChI is InChI=1S/C20H18N4O3.C16H15N5O2.C3H3ClO/c1-3-15(25)10-14-6-4-9-18(23-14)24-19-12-20(22-13-21-19)27-17-8-5-7-16(11-17)26-2;1-22-11-4-2-5-12(8-11)23-16-9-15(18-10-19-16)21-14-7-3-6-13(17)20-14;1-2-3(4)5/h3-9,11-13H,1,10H2,2H3,(H,21,22,23,24);2-10H,1H3,(H3,17,18,19,20,21);2H,1H2. The largest absolute Gasteiger partial charge is 0.497 e. The number of nitrogens with one attached hydrogen (secondary N) is 2. The number of aromatic nitrogens is 6. The molecule has 4 N–H and O–H groups in total. The SMILES string of the molecule is C=CC(=O)Cc1cccc(Nc2cc(Oc3cccc(OC)c3)ncn2)n1.C=CC(=O)Cl.COc1cccc(Oc2cc(Nc3cccc(N)n3)ncn2)c1. The number of hydrogen-bond donors (Lipinski definition) is 3. The predicted octanol–water partition coefficient (Wildman–Crippen LogP) is 7.65. The van der Waals surface area contributed by atoms with Gasteiger partial charge in [-0.3, -0.25) is 9.59 Å². The first-order valence-electron chi connectivity index (χ1n) is 16.1. The van der Waals surface area contributed by atoms with Gasteiger partial charge in [-0.15, -0.1) is 0 Å². The second-order valence-corrected chi connectivity index (χ2v) is 11.0. The predicted molar refractivity (Wildman–Crippen MR) is 210 cm³/mol. The van der Waals surface area contributed by atoms with E-state index in [2.05, 4.69) is 53.7 Å². The third kappa shape index (κ3) is 14.3. The van der Waals surface area contributed by atoms with Crippen LogP contribution in [0.3, 0.4) is 0 Å². The van der Waals surface area contributed by atoms with E-state index in [1.54, 1.807) is 74.9 Å². The van der Waals surface area contributed by atoms with Crippen LogP contribution in [-0.4, -0.2) is 55.1 Å². The van der Waals surface area contributed by atoms with Gasteiger partial charge in [0.05, 0.1) is 26.3 Å². The molecule has 0 atom stereocenters. The van der Waals surface area contributed by atoms with Crippen LogP contribution in [0.15, 0.2) is 135 Å². The molecule has 0 aliphatic heterocycles. The first kappa shape index (κ1) is 40.4. The van der Waals surface area contributed by atoms with Gasteiger partial charge >= 0.3 is 0 Å². The fraction of sp³-hybridized carbons (Fsp3) is 0.0769. The molecule has 0 aliphatic rings. The minimum Gasteiger partial charge on any atom is -0.497 e. The van der Waals surface area contributed by atoms with E-state index >= 15 is 0 Å². The topological polar surface area (TPSA) is 198 Å². The number of ether oxygens (including phenoxy) is 4. The first-order valence-corrected chi connectivity index (χ1v) is 16.5. The Labute approximate surface area is 321 Å². The van der Waals surface area contributed by atoms with E-state index in [1.165, 1.54) is 18.7 Å². The summed E-state index contributed by atoms with van der Waals surface area (Å²) >= 11 is 4.71. The Hall–Kier alpha value is -7.39. The van der Waals surface area contributed by atoms with Crippen molar-refractivity contribution in [2.24, 2.45) is 0 Å². The van der Waals surface area contributed by atoms with Crippen LogP contribution in [0.1, 0.15) is 5.69 Å². The summed E-state index contributed by atoms with van der Waals surface area (Å²) in [6, 6.07) is 28.5. The number of hydrogen-bond acceptors (Lipinski definition) is 15. The summed E-state index contributed by atoms with van der Waals surface area (Å²) in [7, 11) is 3.19. The number of benzene rings is 2. The second kappa shape index (κ2) is 21.2. The summed E-state index contributed by atoms with van der Waals surface area (Å²) in [5, 5.41) is 5.62. The van der Waals surface area contributed by atoms with E-state index in [0.29, 0.717) is 69.5 Å². The van der Waals surface area contributed by atoms with Gasteiger partial charge in [0.25, 0.3) is 0 Å². The Balaban J connectivity index is 0.000000220. The number of nitrogens with zero attached hydrogens (tertiary/aromatic N) is 6. The molecule has 4 heterocycles. The van der Waals surface area contributed by atoms with Crippen LogP contribution in [-0.2, 0) is 16.0 Å². The molecule has 0 radical (unpaired) electrons. The normalized spacial score (nSPS) is 9.80. The molecular formula is C39H36ClN9O6. The summed E-state index contributed by atoms with van der Waals surface area (Å²) < 4.78 is 21.8. The fourth-order valence-corrected chi connectivity index (χ4v) is 4.18. The molecule has 6 aromatic rings. The number of carbonyl (C=O) groups is 2. The number of nitrogens with two attached hydrogens (primary N) is 1. The van der Waals surface area contributed by atoms with E-state index in [9.17, 15) is 9.59 Å². The van der Waals surface area contributed by atoms with Gasteiger partial charge in [0.1, 0.15) is 64.7 Å². The summed E-state index contributed by atoms with van der Waals surface area (Å²) in [6.45, 7) is 6.55. The zero-order valence-electron chi connectivity index (χ0n) is 29.8. The number of allylic oxidation sites excluding steroid dienone is 2. The highest BCUT2D eigenvalue weighted by molar-refractivity contribution is 6.66. The molecule has 0 fully saturated rings. The molecule has 0 saturated carbocycles.